The monoisotopic (exact) mass is 582 g/mol. The Morgan fingerprint density at radius 3 is 2.93 bits per heavy atom. The fraction of sp³-hybridized carbons (Fsp3) is 0.273. The first kappa shape index (κ1) is 28.0. The number of methoxy groups -OCH3 is 1. The number of carbonyl (C=O) groups is 1. The van der Waals surface area contributed by atoms with Gasteiger partial charge >= 0.3 is 0 Å². The number of fused-ring (bicyclic) bond motifs is 2. The number of hydrogen-bond acceptors (Lipinski definition) is 7. The number of nitrogens with two attached hydrogens (primary N) is 1. The molecule has 216 valence electrons. The quantitative estimate of drug-likeness (QED) is 0.178. The molecule has 1 amide bonds. The fourth-order valence-corrected chi connectivity index (χ4v) is 6.47. The molecule has 0 saturated carbocycles. The third-order valence-corrected chi connectivity index (χ3v) is 8.65. The number of carbonyl (C=O) groups excluding carboxylic acids is 1. The number of pyridine rings is 1. The number of hydrogen-bond donors (Lipinski definition) is 2. The van der Waals surface area contributed by atoms with Gasteiger partial charge in [-0.1, -0.05) is 36.4 Å². The summed E-state index contributed by atoms with van der Waals surface area (Å²) in [5.74, 6) is 0.828. The highest BCUT2D eigenvalue weighted by atomic mass is 32.1. The largest absolute Gasteiger partial charge is 0.495 e. The minimum Gasteiger partial charge on any atom is -0.495 e. The number of ether oxygens (including phenoxy) is 3. The molecule has 1 aliphatic heterocycles. The van der Waals surface area contributed by atoms with E-state index < -0.39 is 0 Å². The van der Waals surface area contributed by atoms with Gasteiger partial charge in [-0.25, -0.2) is 4.98 Å². The molecule has 9 heteroatoms. The van der Waals surface area contributed by atoms with Gasteiger partial charge in [0.05, 0.1) is 19.4 Å². The van der Waals surface area contributed by atoms with Crippen LogP contribution in [0.4, 0.5) is 11.5 Å². The molecule has 1 atom stereocenters. The first-order chi connectivity index (χ1) is 20.5. The van der Waals surface area contributed by atoms with Crippen LogP contribution in [0.5, 0.6) is 5.75 Å². The van der Waals surface area contributed by atoms with Crippen molar-refractivity contribution in [2.24, 2.45) is 7.05 Å². The second-order valence-electron chi connectivity index (χ2n) is 10.3. The average molecular weight is 583 g/mol. The van der Waals surface area contributed by atoms with E-state index in [1.165, 1.54) is 0 Å². The van der Waals surface area contributed by atoms with E-state index in [0.717, 1.165) is 70.0 Å². The molecule has 0 spiro atoms. The van der Waals surface area contributed by atoms with Crippen LogP contribution >= 0.6 is 11.3 Å². The van der Waals surface area contributed by atoms with E-state index in [1.807, 2.05) is 66.3 Å². The van der Waals surface area contributed by atoms with Crippen LogP contribution in [-0.2, 0) is 16.5 Å². The molecule has 42 heavy (non-hydrogen) atoms. The van der Waals surface area contributed by atoms with Gasteiger partial charge in [-0.15, -0.1) is 11.3 Å². The lowest BCUT2D eigenvalue weighted by Crippen LogP contribution is -2.22. The van der Waals surface area contributed by atoms with Gasteiger partial charge < -0.3 is 29.8 Å². The van der Waals surface area contributed by atoms with E-state index in [2.05, 4.69) is 27.8 Å². The van der Waals surface area contributed by atoms with Crippen LogP contribution in [0, 0.1) is 0 Å². The zero-order valence-corrected chi connectivity index (χ0v) is 24.6. The van der Waals surface area contributed by atoms with E-state index in [9.17, 15) is 4.79 Å². The van der Waals surface area contributed by atoms with Crippen molar-refractivity contribution in [3.05, 3.63) is 77.4 Å². The maximum absolute atomic E-state index is 13.2. The molecule has 1 fully saturated rings. The molecule has 5 aromatic rings. The molecule has 1 aliphatic rings. The fourth-order valence-electron chi connectivity index (χ4n) is 5.39. The van der Waals surface area contributed by atoms with E-state index in [0.29, 0.717) is 29.6 Å². The second-order valence-corrected chi connectivity index (χ2v) is 11.2. The molecule has 3 N–H and O–H groups in total. The van der Waals surface area contributed by atoms with Gasteiger partial charge in [0, 0.05) is 52.0 Å². The van der Waals surface area contributed by atoms with Crippen molar-refractivity contribution in [2.45, 2.75) is 32.0 Å². The first-order valence-corrected chi connectivity index (χ1v) is 15.0. The third-order valence-electron chi connectivity index (χ3n) is 7.62. The Bertz CT molecular complexity index is 1770. The number of anilines is 2. The highest BCUT2D eigenvalue weighted by Gasteiger charge is 2.18. The number of nitrogens with zero attached hydrogens (tertiary/aromatic N) is 2. The van der Waals surface area contributed by atoms with E-state index in [-0.39, 0.29) is 12.2 Å². The SMILES string of the molecule is COc1cc(-c2csc3c(C=CCCOC4CCCCO4)cnc(N)c23)ccc1NC(=O)c1cc2ccccc2n1C. The molecular weight excluding hydrogens is 548 g/mol. The van der Waals surface area contributed by atoms with E-state index >= 15 is 0 Å². The summed E-state index contributed by atoms with van der Waals surface area (Å²) in [5.41, 5.74) is 11.5. The third kappa shape index (κ3) is 5.63. The van der Waals surface area contributed by atoms with Gasteiger partial charge in [-0.05, 0) is 60.9 Å². The Morgan fingerprint density at radius 2 is 2.12 bits per heavy atom. The summed E-state index contributed by atoms with van der Waals surface area (Å²) >= 11 is 1.63. The van der Waals surface area contributed by atoms with Crippen molar-refractivity contribution in [2.75, 3.05) is 31.4 Å². The molecule has 0 bridgehead atoms. The maximum Gasteiger partial charge on any atom is 0.272 e. The number of para-hydroxylation sites is 1. The lowest BCUT2D eigenvalue weighted by molar-refractivity contribution is -0.161. The van der Waals surface area contributed by atoms with Crippen LogP contribution in [0.25, 0.3) is 38.2 Å². The van der Waals surface area contributed by atoms with Crippen molar-refractivity contribution < 1.29 is 19.0 Å². The Hall–Kier alpha value is -4.18. The predicted octanol–water partition coefficient (Wildman–Crippen LogP) is 7.24. The summed E-state index contributed by atoms with van der Waals surface area (Å²) in [6.07, 6.45) is 9.93. The van der Waals surface area contributed by atoms with Gasteiger partial charge in [-0.2, -0.15) is 0 Å². The zero-order chi connectivity index (χ0) is 29.1. The highest BCUT2D eigenvalue weighted by Crippen LogP contribution is 2.41. The molecule has 3 aromatic heterocycles. The van der Waals surface area contributed by atoms with E-state index in [1.54, 1.807) is 18.4 Å². The molecule has 0 aliphatic carbocycles. The number of nitrogens with one attached hydrogen (secondary N) is 1. The molecule has 6 rings (SSSR count). The number of thiophene rings is 1. The summed E-state index contributed by atoms with van der Waals surface area (Å²) in [4.78, 5) is 17.7. The maximum atomic E-state index is 13.2. The Labute approximate surface area is 248 Å². The van der Waals surface area contributed by atoms with Crippen LogP contribution in [0.15, 0.2) is 66.2 Å². The van der Waals surface area contributed by atoms with Crippen molar-refractivity contribution >= 4 is 55.8 Å². The number of nitrogen functional groups attached to an aromatic ring is 1. The normalized spacial score (nSPS) is 15.5. The van der Waals surface area contributed by atoms with Crippen molar-refractivity contribution in [3.63, 3.8) is 0 Å². The highest BCUT2D eigenvalue weighted by molar-refractivity contribution is 7.18. The van der Waals surface area contributed by atoms with Crippen LogP contribution < -0.4 is 15.8 Å². The lowest BCUT2D eigenvalue weighted by atomic mass is 10.0. The molecule has 4 heterocycles. The van der Waals surface area contributed by atoms with Gasteiger partial charge in [0.2, 0.25) is 0 Å². The second kappa shape index (κ2) is 12.4. The standard InChI is InChI=1S/C33H34N4O4S/c1-37-26-11-4-3-9-22(26)17-27(37)33(38)36-25-14-13-21(18-28(25)39-2)24-20-42-31-23(19-35-32(34)30(24)31)10-5-7-15-40-29-12-6-8-16-41-29/h3-5,9-11,13-14,17-20,29H,6-8,12,15-16H2,1-2H3,(H2,34,35)(H,36,38). The van der Waals surface area contributed by atoms with Crippen molar-refractivity contribution in [1.29, 1.82) is 0 Å². The number of benzene rings is 2. The minimum absolute atomic E-state index is 0.0770. The Balaban J connectivity index is 1.21. The molecule has 0 radical (unpaired) electrons. The summed E-state index contributed by atoms with van der Waals surface area (Å²) in [7, 11) is 3.49. The van der Waals surface area contributed by atoms with Crippen LogP contribution in [-0.4, -0.2) is 42.1 Å². The number of aryl methyl sites for hydroxylation is 1. The predicted molar refractivity (Wildman–Crippen MR) is 170 cm³/mol. The smallest absolute Gasteiger partial charge is 0.272 e. The van der Waals surface area contributed by atoms with Gasteiger partial charge in [0.1, 0.15) is 17.3 Å². The first-order valence-electron chi connectivity index (χ1n) is 14.1. The topological polar surface area (TPSA) is 101 Å². The summed E-state index contributed by atoms with van der Waals surface area (Å²) in [6, 6.07) is 15.6. The molecule has 2 aromatic carbocycles. The number of rotatable bonds is 9. The molecule has 1 unspecified atom stereocenters. The Kier molecular flexibility index (Phi) is 8.23. The number of aromatic nitrogens is 2. The molecule has 1 saturated heterocycles. The van der Waals surface area contributed by atoms with Crippen LogP contribution in [0.2, 0.25) is 0 Å². The summed E-state index contributed by atoms with van der Waals surface area (Å²) < 4.78 is 20.1. The van der Waals surface area contributed by atoms with Gasteiger partial charge in [-0.3, -0.25) is 4.79 Å². The molecular formula is C33H34N4O4S. The Morgan fingerprint density at radius 1 is 1.24 bits per heavy atom. The van der Waals surface area contributed by atoms with Crippen LogP contribution in [0.1, 0.15) is 41.7 Å². The van der Waals surface area contributed by atoms with Crippen molar-refractivity contribution in [3.8, 4) is 16.9 Å². The van der Waals surface area contributed by atoms with Crippen LogP contribution in [0.3, 0.4) is 0 Å². The average Bonchev–Trinajstić information content (AvgIpc) is 3.61. The minimum atomic E-state index is -0.206. The summed E-state index contributed by atoms with van der Waals surface area (Å²) in [5, 5.41) is 7.03. The van der Waals surface area contributed by atoms with Crippen molar-refractivity contribution in [1.82, 2.24) is 9.55 Å². The van der Waals surface area contributed by atoms with E-state index in [4.69, 9.17) is 19.9 Å². The van der Waals surface area contributed by atoms with Gasteiger partial charge in [0.15, 0.2) is 6.29 Å². The summed E-state index contributed by atoms with van der Waals surface area (Å²) in [6.45, 7) is 1.40. The number of amides is 1. The molecule has 8 nitrogen and oxygen atoms in total. The zero-order valence-electron chi connectivity index (χ0n) is 23.8. The van der Waals surface area contributed by atoms with Gasteiger partial charge in [0.25, 0.3) is 5.91 Å². The lowest BCUT2D eigenvalue weighted by Gasteiger charge is -2.22.